The predicted molar refractivity (Wildman–Crippen MR) is 76.9 cm³/mol. The second-order valence-corrected chi connectivity index (χ2v) is 4.67. The number of ether oxygens (including phenoxy) is 1. The summed E-state index contributed by atoms with van der Waals surface area (Å²) in [4.78, 5) is 0. The van der Waals surface area contributed by atoms with Crippen molar-refractivity contribution in [3.05, 3.63) is 42.5 Å². The summed E-state index contributed by atoms with van der Waals surface area (Å²) in [5.74, 6) is 0.943. The van der Waals surface area contributed by atoms with Gasteiger partial charge in [-0.3, -0.25) is 0 Å². The Morgan fingerprint density at radius 1 is 1.11 bits per heavy atom. The van der Waals surface area contributed by atoms with Crippen molar-refractivity contribution >= 4 is 10.8 Å². The van der Waals surface area contributed by atoms with Gasteiger partial charge in [-0.05, 0) is 42.2 Å². The molecule has 0 aromatic heterocycles. The fourth-order valence-electron chi connectivity index (χ4n) is 2.00. The molecule has 96 valence electrons. The second kappa shape index (κ2) is 6.41. The van der Waals surface area contributed by atoms with Crippen LogP contribution < -0.4 is 10.5 Å². The van der Waals surface area contributed by atoms with Gasteiger partial charge >= 0.3 is 0 Å². The number of benzene rings is 2. The highest BCUT2D eigenvalue weighted by atomic mass is 16.5. The van der Waals surface area contributed by atoms with E-state index in [-0.39, 0.29) is 0 Å². The highest BCUT2D eigenvalue weighted by Gasteiger charge is 2.00. The molecule has 2 rings (SSSR count). The summed E-state index contributed by atoms with van der Waals surface area (Å²) in [6.07, 6.45) is 3.09. The largest absolute Gasteiger partial charge is 0.494 e. The Balaban J connectivity index is 1.88. The molecule has 18 heavy (non-hydrogen) atoms. The maximum atomic E-state index is 5.87. The average molecular weight is 243 g/mol. The number of hydrogen-bond acceptors (Lipinski definition) is 2. The van der Waals surface area contributed by atoms with E-state index in [9.17, 15) is 0 Å². The van der Waals surface area contributed by atoms with E-state index in [1.54, 1.807) is 0 Å². The summed E-state index contributed by atoms with van der Waals surface area (Å²) < 4.78 is 5.75. The third-order valence-corrected chi connectivity index (χ3v) is 3.23. The summed E-state index contributed by atoms with van der Waals surface area (Å²) in [7, 11) is 0. The molecule has 0 saturated heterocycles. The Morgan fingerprint density at radius 3 is 2.67 bits per heavy atom. The van der Waals surface area contributed by atoms with Gasteiger partial charge in [-0.25, -0.2) is 0 Å². The first kappa shape index (κ1) is 12.9. The molecule has 0 aliphatic carbocycles. The van der Waals surface area contributed by atoms with Crippen LogP contribution in [0.5, 0.6) is 5.75 Å². The zero-order chi connectivity index (χ0) is 12.8. The Hall–Kier alpha value is -1.54. The van der Waals surface area contributed by atoms with Crippen LogP contribution in [0, 0.1) is 0 Å². The van der Waals surface area contributed by atoms with E-state index in [0.717, 1.165) is 31.6 Å². The van der Waals surface area contributed by atoms with Crippen LogP contribution in [-0.2, 0) is 0 Å². The SMILES string of the molecule is CCC(N)CCCOc1ccc2ccccc2c1. The van der Waals surface area contributed by atoms with Gasteiger partial charge in [-0.15, -0.1) is 0 Å². The summed E-state index contributed by atoms with van der Waals surface area (Å²) in [6.45, 7) is 2.86. The molecule has 0 radical (unpaired) electrons. The Morgan fingerprint density at radius 2 is 1.89 bits per heavy atom. The molecule has 2 N–H and O–H groups in total. The number of rotatable bonds is 6. The lowest BCUT2D eigenvalue weighted by Crippen LogP contribution is -2.19. The van der Waals surface area contributed by atoms with Gasteiger partial charge in [-0.2, -0.15) is 0 Å². The van der Waals surface area contributed by atoms with Gasteiger partial charge in [0.15, 0.2) is 0 Å². The summed E-state index contributed by atoms with van der Waals surface area (Å²) in [6, 6.07) is 14.8. The fourth-order valence-corrected chi connectivity index (χ4v) is 2.00. The second-order valence-electron chi connectivity index (χ2n) is 4.67. The van der Waals surface area contributed by atoms with Crippen LogP contribution in [0.1, 0.15) is 26.2 Å². The van der Waals surface area contributed by atoms with Crippen molar-refractivity contribution in [2.24, 2.45) is 5.73 Å². The number of fused-ring (bicyclic) bond motifs is 1. The third kappa shape index (κ3) is 3.47. The molecule has 0 aliphatic rings. The first-order valence-corrected chi connectivity index (χ1v) is 6.67. The van der Waals surface area contributed by atoms with Crippen molar-refractivity contribution in [1.82, 2.24) is 0 Å². The van der Waals surface area contributed by atoms with E-state index in [1.807, 2.05) is 12.1 Å². The molecular formula is C16H21NO. The van der Waals surface area contributed by atoms with Crippen molar-refractivity contribution in [3.63, 3.8) is 0 Å². The molecule has 1 unspecified atom stereocenters. The first-order chi connectivity index (χ1) is 8.79. The van der Waals surface area contributed by atoms with Crippen LogP contribution in [0.25, 0.3) is 10.8 Å². The van der Waals surface area contributed by atoms with Crippen LogP contribution in [0.15, 0.2) is 42.5 Å². The molecule has 0 saturated carbocycles. The lowest BCUT2D eigenvalue weighted by Gasteiger charge is -2.10. The Labute approximate surface area is 109 Å². The van der Waals surface area contributed by atoms with Crippen LogP contribution in [0.2, 0.25) is 0 Å². The minimum atomic E-state index is 0.310. The molecule has 1 atom stereocenters. The van der Waals surface area contributed by atoms with Crippen LogP contribution >= 0.6 is 0 Å². The smallest absolute Gasteiger partial charge is 0.119 e. The first-order valence-electron chi connectivity index (χ1n) is 6.67. The van der Waals surface area contributed by atoms with Gasteiger partial charge < -0.3 is 10.5 Å². The maximum Gasteiger partial charge on any atom is 0.119 e. The summed E-state index contributed by atoms with van der Waals surface area (Å²) in [5, 5.41) is 2.47. The average Bonchev–Trinajstić information content (AvgIpc) is 2.43. The number of hydrogen-bond donors (Lipinski definition) is 1. The summed E-state index contributed by atoms with van der Waals surface area (Å²) >= 11 is 0. The van der Waals surface area contributed by atoms with Crippen LogP contribution in [0.3, 0.4) is 0 Å². The molecule has 2 aromatic carbocycles. The molecule has 0 aliphatic heterocycles. The molecule has 0 heterocycles. The molecule has 2 heteroatoms. The Bertz CT molecular complexity index is 495. The van der Waals surface area contributed by atoms with Crippen molar-refractivity contribution in [1.29, 1.82) is 0 Å². The van der Waals surface area contributed by atoms with E-state index in [1.165, 1.54) is 10.8 Å². The normalized spacial score (nSPS) is 12.6. The van der Waals surface area contributed by atoms with Crippen molar-refractivity contribution in [2.75, 3.05) is 6.61 Å². The van der Waals surface area contributed by atoms with Gasteiger partial charge in [0.25, 0.3) is 0 Å². The van der Waals surface area contributed by atoms with E-state index in [0.29, 0.717) is 6.04 Å². The van der Waals surface area contributed by atoms with E-state index >= 15 is 0 Å². The van der Waals surface area contributed by atoms with Gasteiger partial charge in [0.1, 0.15) is 5.75 Å². The van der Waals surface area contributed by atoms with E-state index in [2.05, 4.69) is 37.3 Å². The fraction of sp³-hybridized carbons (Fsp3) is 0.375. The highest BCUT2D eigenvalue weighted by molar-refractivity contribution is 5.83. The molecule has 0 amide bonds. The van der Waals surface area contributed by atoms with Crippen molar-refractivity contribution in [2.45, 2.75) is 32.2 Å². The zero-order valence-corrected chi connectivity index (χ0v) is 10.9. The lowest BCUT2D eigenvalue weighted by molar-refractivity contribution is 0.301. The monoisotopic (exact) mass is 243 g/mol. The molecular weight excluding hydrogens is 222 g/mol. The van der Waals surface area contributed by atoms with Gasteiger partial charge in [0.2, 0.25) is 0 Å². The highest BCUT2D eigenvalue weighted by Crippen LogP contribution is 2.20. The van der Waals surface area contributed by atoms with E-state index in [4.69, 9.17) is 10.5 Å². The van der Waals surface area contributed by atoms with Crippen molar-refractivity contribution < 1.29 is 4.74 Å². The van der Waals surface area contributed by atoms with Crippen molar-refractivity contribution in [3.8, 4) is 5.75 Å². The quantitative estimate of drug-likeness (QED) is 0.784. The molecule has 2 aromatic rings. The Kier molecular flexibility index (Phi) is 4.59. The van der Waals surface area contributed by atoms with Crippen LogP contribution in [-0.4, -0.2) is 12.6 Å². The third-order valence-electron chi connectivity index (χ3n) is 3.23. The maximum absolute atomic E-state index is 5.87. The standard InChI is InChI=1S/C16H21NO/c1-2-15(17)8-5-11-18-16-10-9-13-6-3-4-7-14(13)12-16/h3-4,6-7,9-10,12,15H,2,5,8,11,17H2,1H3. The molecule has 0 spiro atoms. The summed E-state index contributed by atoms with van der Waals surface area (Å²) in [5.41, 5.74) is 5.87. The van der Waals surface area contributed by atoms with Gasteiger partial charge in [0.05, 0.1) is 6.61 Å². The molecule has 0 bridgehead atoms. The predicted octanol–water partition coefficient (Wildman–Crippen LogP) is 3.74. The number of nitrogens with two attached hydrogens (primary N) is 1. The van der Waals surface area contributed by atoms with Crippen LogP contribution in [0.4, 0.5) is 0 Å². The molecule has 0 fully saturated rings. The lowest BCUT2D eigenvalue weighted by atomic mass is 10.1. The van der Waals surface area contributed by atoms with Gasteiger partial charge in [0, 0.05) is 6.04 Å². The zero-order valence-electron chi connectivity index (χ0n) is 10.9. The topological polar surface area (TPSA) is 35.2 Å². The molecule has 2 nitrogen and oxygen atoms in total. The minimum absolute atomic E-state index is 0.310. The minimum Gasteiger partial charge on any atom is -0.494 e. The van der Waals surface area contributed by atoms with E-state index < -0.39 is 0 Å². The van der Waals surface area contributed by atoms with Gasteiger partial charge in [-0.1, -0.05) is 37.3 Å².